The second kappa shape index (κ2) is 9.51. The normalized spacial score (nSPS) is 22.7. The van der Waals surface area contributed by atoms with E-state index in [0.29, 0.717) is 25.7 Å². The molecule has 1 amide bonds. The Kier molecular flexibility index (Phi) is 6.91. The summed E-state index contributed by atoms with van der Waals surface area (Å²) >= 11 is 0. The van der Waals surface area contributed by atoms with Crippen molar-refractivity contribution >= 4 is 17.4 Å². The van der Waals surface area contributed by atoms with Crippen LogP contribution in [0.3, 0.4) is 0 Å². The van der Waals surface area contributed by atoms with E-state index in [4.69, 9.17) is 5.73 Å². The van der Waals surface area contributed by atoms with Gasteiger partial charge in [-0.25, -0.2) is 4.68 Å². The van der Waals surface area contributed by atoms with Crippen LogP contribution in [0.5, 0.6) is 0 Å². The first-order chi connectivity index (χ1) is 16.8. The molecule has 1 fully saturated rings. The lowest BCUT2D eigenvalue weighted by atomic mass is 9.75. The zero-order valence-electron chi connectivity index (χ0n) is 20.2. The van der Waals surface area contributed by atoms with Gasteiger partial charge in [-0.15, -0.1) is 0 Å². The fourth-order valence-electron chi connectivity index (χ4n) is 5.37. The Bertz CT molecular complexity index is 1170. The van der Waals surface area contributed by atoms with Gasteiger partial charge in [-0.2, -0.15) is 18.3 Å². The summed E-state index contributed by atoms with van der Waals surface area (Å²) in [5.74, 6) is -1.32. The van der Waals surface area contributed by atoms with Crippen LogP contribution >= 0.6 is 0 Å². The second-order valence-corrected chi connectivity index (χ2v) is 10.6. The van der Waals surface area contributed by atoms with Crippen molar-refractivity contribution in [3.63, 3.8) is 0 Å². The highest BCUT2D eigenvalue weighted by Gasteiger charge is 2.45. The molecule has 1 heterocycles. The number of primary amides is 1. The zero-order valence-corrected chi connectivity index (χ0v) is 20.2. The van der Waals surface area contributed by atoms with Gasteiger partial charge in [0.1, 0.15) is 0 Å². The van der Waals surface area contributed by atoms with Crippen LogP contribution in [0, 0.1) is 11.3 Å². The number of Topliss-reactive ketones (excluding diaryl/α,β-unsaturated/α-hetero) is 1. The molecule has 1 saturated carbocycles. The van der Waals surface area contributed by atoms with E-state index in [2.05, 4.69) is 10.4 Å². The third-order valence-electron chi connectivity index (χ3n) is 7.17. The molecule has 1 aromatic heterocycles. The van der Waals surface area contributed by atoms with Gasteiger partial charge in [-0.3, -0.25) is 9.59 Å². The molecule has 2 aliphatic carbocycles. The van der Waals surface area contributed by atoms with Crippen LogP contribution in [0.15, 0.2) is 18.2 Å². The lowest BCUT2D eigenvalue weighted by Crippen LogP contribution is -2.36. The van der Waals surface area contributed by atoms with Crippen LogP contribution in [0.25, 0.3) is 5.69 Å². The molecule has 1 aromatic carbocycles. The lowest BCUT2D eigenvalue weighted by Gasteiger charge is -2.32. The van der Waals surface area contributed by atoms with E-state index in [1.807, 2.05) is 13.8 Å². The molecule has 0 aliphatic heterocycles. The zero-order chi connectivity index (χ0) is 26.4. The number of nitrogens with one attached hydrogen (secondary N) is 1. The molecule has 0 saturated heterocycles. The number of carbonyl (C=O) groups excluding carboxylic acids is 2. The van der Waals surface area contributed by atoms with Crippen molar-refractivity contribution in [2.75, 3.05) is 11.9 Å². The third kappa shape index (κ3) is 5.12. The predicted molar refractivity (Wildman–Crippen MR) is 126 cm³/mol. The monoisotopic (exact) mass is 508 g/mol. The third-order valence-corrected chi connectivity index (χ3v) is 7.17. The van der Waals surface area contributed by atoms with Crippen LogP contribution in [-0.4, -0.2) is 50.4 Å². The number of benzene rings is 1. The van der Waals surface area contributed by atoms with E-state index in [1.54, 1.807) is 0 Å². The van der Waals surface area contributed by atoms with Gasteiger partial charge in [-0.05, 0) is 61.6 Å². The minimum absolute atomic E-state index is 0.0174. The first-order valence-electron chi connectivity index (χ1n) is 12.0. The topological polar surface area (TPSA) is 130 Å². The Morgan fingerprint density at radius 3 is 2.50 bits per heavy atom. The van der Waals surface area contributed by atoms with Crippen LogP contribution < -0.4 is 11.1 Å². The smallest absolute Gasteiger partial charge is 0.394 e. The lowest BCUT2D eigenvalue weighted by molar-refractivity contribution is -0.141. The summed E-state index contributed by atoms with van der Waals surface area (Å²) in [6.45, 7) is 3.38. The number of aliphatic hydroxyl groups is 2. The van der Waals surface area contributed by atoms with E-state index < -0.39 is 40.6 Å². The van der Waals surface area contributed by atoms with Gasteiger partial charge < -0.3 is 21.3 Å². The number of hydrogen-bond donors (Lipinski definition) is 4. The van der Waals surface area contributed by atoms with E-state index in [0.717, 1.165) is 4.68 Å². The van der Waals surface area contributed by atoms with Crippen molar-refractivity contribution in [1.29, 1.82) is 0 Å². The number of carbonyl (C=O) groups is 2. The number of ketones is 1. The average molecular weight is 509 g/mol. The number of nitrogens with two attached hydrogens (primary N) is 1. The molecule has 11 heteroatoms. The summed E-state index contributed by atoms with van der Waals surface area (Å²) < 4.78 is 42.6. The summed E-state index contributed by atoms with van der Waals surface area (Å²) in [5, 5.41) is 26.8. The molecule has 2 aromatic rings. The van der Waals surface area contributed by atoms with E-state index in [1.165, 1.54) is 18.2 Å². The van der Waals surface area contributed by atoms with Gasteiger partial charge in [0.2, 0.25) is 0 Å². The van der Waals surface area contributed by atoms with Crippen molar-refractivity contribution in [1.82, 2.24) is 9.78 Å². The maximum atomic E-state index is 13.8. The van der Waals surface area contributed by atoms with Crippen molar-refractivity contribution in [2.45, 2.75) is 70.7 Å². The SMILES string of the molecule is CC1(C)CC(=O)c2c(C(F)(F)F)nn(-c3ccc(C(N)=O)c(NC(CO)C4CCC(O)CC4)c3)c2C1. The fourth-order valence-corrected chi connectivity index (χ4v) is 5.37. The van der Waals surface area contributed by atoms with Gasteiger partial charge in [0, 0.05) is 12.1 Å². The van der Waals surface area contributed by atoms with Crippen molar-refractivity contribution in [3.8, 4) is 5.69 Å². The Labute approximate surface area is 206 Å². The first kappa shape index (κ1) is 26.2. The Morgan fingerprint density at radius 1 is 1.25 bits per heavy atom. The number of amides is 1. The molecular formula is C25H31F3N4O4. The minimum atomic E-state index is -4.81. The molecule has 196 valence electrons. The molecule has 36 heavy (non-hydrogen) atoms. The number of fused-ring (bicyclic) bond motifs is 1. The molecule has 5 N–H and O–H groups in total. The highest BCUT2D eigenvalue weighted by atomic mass is 19.4. The van der Waals surface area contributed by atoms with Crippen LogP contribution in [0.1, 0.15) is 78.1 Å². The minimum Gasteiger partial charge on any atom is -0.394 e. The van der Waals surface area contributed by atoms with Crippen LogP contribution in [0.2, 0.25) is 0 Å². The molecule has 2 aliphatic rings. The van der Waals surface area contributed by atoms with Crippen molar-refractivity contribution in [3.05, 3.63) is 40.7 Å². The quantitative estimate of drug-likeness (QED) is 0.473. The van der Waals surface area contributed by atoms with Gasteiger partial charge >= 0.3 is 6.18 Å². The number of hydrogen-bond acceptors (Lipinski definition) is 6. The Hall–Kier alpha value is -2.92. The molecule has 4 rings (SSSR count). The number of aromatic nitrogens is 2. The van der Waals surface area contributed by atoms with Gasteiger partial charge in [-0.1, -0.05) is 13.8 Å². The van der Waals surface area contributed by atoms with Crippen LogP contribution in [0.4, 0.5) is 18.9 Å². The maximum Gasteiger partial charge on any atom is 0.435 e. The Morgan fingerprint density at radius 2 is 1.92 bits per heavy atom. The van der Waals surface area contributed by atoms with E-state index in [9.17, 15) is 33.0 Å². The highest BCUT2D eigenvalue weighted by molar-refractivity contribution is 6.00. The number of aliphatic hydroxyl groups excluding tert-OH is 2. The first-order valence-corrected chi connectivity index (χ1v) is 12.0. The molecular weight excluding hydrogens is 477 g/mol. The maximum absolute atomic E-state index is 13.8. The second-order valence-electron chi connectivity index (χ2n) is 10.6. The summed E-state index contributed by atoms with van der Waals surface area (Å²) in [4.78, 5) is 24.9. The fraction of sp³-hybridized carbons (Fsp3) is 0.560. The summed E-state index contributed by atoms with van der Waals surface area (Å²) in [7, 11) is 0. The van der Waals surface area contributed by atoms with Gasteiger partial charge in [0.05, 0.1) is 41.3 Å². The van der Waals surface area contributed by atoms with Crippen molar-refractivity contribution in [2.24, 2.45) is 17.1 Å². The molecule has 1 atom stereocenters. The summed E-state index contributed by atoms with van der Waals surface area (Å²) in [6.07, 6.45) is -2.48. The molecule has 1 unspecified atom stereocenters. The molecule has 0 radical (unpaired) electrons. The van der Waals surface area contributed by atoms with E-state index >= 15 is 0 Å². The van der Waals surface area contributed by atoms with Crippen LogP contribution in [-0.2, 0) is 12.6 Å². The number of rotatable bonds is 6. The summed E-state index contributed by atoms with van der Waals surface area (Å²) in [5.41, 5.74) is 4.14. The number of anilines is 1. The number of nitrogens with zero attached hydrogens (tertiary/aromatic N) is 2. The largest absolute Gasteiger partial charge is 0.435 e. The number of halogens is 3. The molecule has 8 nitrogen and oxygen atoms in total. The van der Waals surface area contributed by atoms with E-state index in [-0.39, 0.29) is 54.1 Å². The number of alkyl halides is 3. The standard InChI is InChI=1S/C25H31F3N4O4/c1-24(2)10-19-21(20(35)11-24)22(25(26,27)28)31-32(19)14-5-8-16(23(29)36)17(9-14)30-18(12-33)13-3-6-15(34)7-4-13/h5,8-9,13,15,18,30,33-34H,3-4,6-7,10-12H2,1-2H3,(H2,29,36). The molecule has 0 bridgehead atoms. The predicted octanol–water partition coefficient (Wildman–Crippen LogP) is 3.47. The Balaban J connectivity index is 1.78. The van der Waals surface area contributed by atoms with Crippen molar-refractivity contribution < 1.29 is 33.0 Å². The average Bonchev–Trinajstić information content (AvgIpc) is 3.17. The molecule has 0 spiro atoms. The van der Waals surface area contributed by atoms with Gasteiger partial charge in [0.25, 0.3) is 5.91 Å². The van der Waals surface area contributed by atoms with Gasteiger partial charge in [0.15, 0.2) is 11.5 Å². The highest BCUT2D eigenvalue weighted by Crippen LogP contribution is 2.42. The summed E-state index contributed by atoms with van der Waals surface area (Å²) in [6, 6.07) is 3.86.